The molecule has 47 heavy (non-hydrogen) atoms. The van der Waals surface area contributed by atoms with Crippen molar-refractivity contribution in [2.75, 3.05) is 31.1 Å². The van der Waals surface area contributed by atoms with Crippen LogP contribution >= 0.6 is 25.3 Å². The zero-order chi connectivity index (χ0) is 36.9. The van der Waals surface area contributed by atoms with Gasteiger partial charge in [-0.3, -0.25) is 38.6 Å². The second-order valence-electron chi connectivity index (χ2n) is 8.97. The summed E-state index contributed by atoms with van der Waals surface area (Å²) in [6, 6.07) is -4.96. The third kappa shape index (κ3) is 21.8. The molecule has 0 bridgehead atoms. The van der Waals surface area contributed by atoms with Gasteiger partial charge in [-0.05, 0) is 12.8 Å². The molecule has 0 aliphatic heterocycles. The molecule has 15 N–H and O–H groups in total. The molecule has 0 unspecified atom stereocenters. The number of carboxylic acid groups (broad SMARTS) is 2. The normalized spacial score (nSPS) is 13.1. The summed E-state index contributed by atoms with van der Waals surface area (Å²) in [5.41, 5.74) is 21.2. The van der Waals surface area contributed by atoms with E-state index in [0.29, 0.717) is 0 Å². The number of carbonyl (C=O) groups is 8. The van der Waals surface area contributed by atoms with Gasteiger partial charge in [-0.1, -0.05) is 0 Å². The third-order valence-corrected chi connectivity index (χ3v) is 5.82. The number of nitrogens with one attached hydrogen (secondary N) is 5. The third-order valence-electron chi connectivity index (χ3n) is 5.06. The molecule has 0 fully saturated rings. The van der Waals surface area contributed by atoms with Crippen LogP contribution in [0.15, 0.2) is 4.99 Å². The van der Waals surface area contributed by atoms with Crippen LogP contribution in [-0.2, 0) is 38.4 Å². The van der Waals surface area contributed by atoms with Crippen molar-refractivity contribution in [3.63, 3.8) is 0 Å². The van der Waals surface area contributed by atoms with E-state index in [2.05, 4.69) is 56.8 Å². The molecule has 0 spiro atoms. The van der Waals surface area contributed by atoms with E-state index in [-0.39, 0.29) is 36.9 Å². The van der Waals surface area contributed by atoms with Crippen LogP contribution in [0, 0.1) is 0 Å². The molecule has 0 heterocycles. The molecule has 0 aromatic rings. The van der Waals surface area contributed by atoms with E-state index in [1.54, 1.807) is 0 Å². The van der Waals surface area contributed by atoms with E-state index < -0.39 is 97.2 Å². The molecule has 0 rings (SSSR count). The number of amides is 6. The van der Waals surface area contributed by atoms with Crippen LogP contribution < -0.4 is 49.5 Å². The second-order valence-corrected chi connectivity index (χ2v) is 9.70. The van der Waals surface area contributed by atoms with Gasteiger partial charge in [0.25, 0.3) is 0 Å². The number of alkyl halides is 3. The summed E-state index contributed by atoms with van der Waals surface area (Å²) in [7, 11) is 0. The quantitative estimate of drug-likeness (QED) is 0.0256. The molecule has 0 aromatic carbocycles. The Labute approximate surface area is 275 Å². The number of nitrogens with two attached hydrogens (primary N) is 4. The minimum Gasteiger partial charge on any atom is -0.480 e. The highest BCUT2D eigenvalue weighted by molar-refractivity contribution is 7.80. The number of nitrogens with zero attached hydrogens (tertiary/aromatic N) is 1. The minimum absolute atomic E-state index is 0.000308. The van der Waals surface area contributed by atoms with Crippen molar-refractivity contribution in [3.8, 4) is 0 Å². The lowest BCUT2D eigenvalue weighted by Gasteiger charge is -2.22. The monoisotopic (exact) mass is 722 g/mol. The van der Waals surface area contributed by atoms with E-state index >= 15 is 0 Å². The van der Waals surface area contributed by atoms with Crippen molar-refractivity contribution in [2.45, 2.75) is 49.6 Å². The first-order valence-corrected chi connectivity index (χ1v) is 14.2. The lowest BCUT2D eigenvalue weighted by molar-refractivity contribution is -0.192. The van der Waals surface area contributed by atoms with Crippen molar-refractivity contribution in [1.82, 2.24) is 26.6 Å². The predicted octanol–water partition coefficient (Wildman–Crippen LogP) is -5.49. The number of primary amides is 1. The van der Waals surface area contributed by atoms with E-state index in [9.17, 15) is 46.7 Å². The van der Waals surface area contributed by atoms with Crippen molar-refractivity contribution in [1.29, 1.82) is 0 Å². The minimum atomic E-state index is -5.08. The van der Waals surface area contributed by atoms with Crippen LogP contribution in [-0.4, -0.2) is 125 Å². The van der Waals surface area contributed by atoms with Gasteiger partial charge in [0.1, 0.15) is 24.7 Å². The Morgan fingerprint density at radius 1 is 0.745 bits per heavy atom. The summed E-state index contributed by atoms with van der Waals surface area (Å²) < 4.78 is 31.7. The predicted molar refractivity (Wildman–Crippen MR) is 163 cm³/mol. The van der Waals surface area contributed by atoms with Crippen molar-refractivity contribution in [2.24, 2.45) is 27.9 Å². The van der Waals surface area contributed by atoms with E-state index in [0.717, 1.165) is 0 Å². The van der Waals surface area contributed by atoms with Crippen LogP contribution in [0.4, 0.5) is 13.2 Å². The Balaban J connectivity index is 0. The standard InChI is InChI=1S/C20H36N10O8S2.C2HF3O2/c21-9(7-39)16(35)29-11(4-13(22)31)17(36)26-5-14(32)28-10(2-1-3-25-20(23)24)19(38)30-12(8-40)18(37)27-6-15(33)34;3-2(4,5)1(6)7/h9-12,39-40H,1-8,21H2,(H2,22,31)(H,26,36)(H,27,37)(H,28,32)(H,29,35)(H,30,38)(H,33,34)(H4,23,24,25);(H,6,7)/t9-,10-,11-,12-;/m0./s1. The van der Waals surface area contributed by atoms with Crippen molar-refractivity contribution < 1.29 is 61.7 Å². The fourth-order valence-corrected chi connectivity index (χ4v) is 3.26. The number of thiol groups is 2. The summed E-state index contributed by atoms with van der Waals surface area (Å²) >= 11 is 7.86. The molecule has 0 aliphatic rings. The largest absolute Gasteiger partial charge is 0.490 e. The summed E-state index contributed by atoms with van der Waals surface area (Å²) in [5.74, 6) is -9.55. The van der Waals surface area contributed by atoms with Gasteiger partial charge in [0.05, 0.1) is 19.0 Å². The molecular formula is C22H37F3N10O10S2. The lowest BCUT2D eigenvalue weighted by atomic mass is 10.1. The molecule has 268 valence electrons. The molecule has 4 atom stereocenters. The van der Waals surface area contributed by atoms with Crippen LogP contribution in [0.1, 0.15) is 19.3 Å². The fourth-order valence-electron chi connectivity index (χ4n) is 2.83. The van der Waals surface area contributed by atoms with E-state index in [4.69, 9.17) is 37.9 Å². The molecule has 0 saturated heterocycles. The average Bonchev–Trinajstić information content (AvgIpc) is 2.97. The van der Waals surface area contributed by atoms with Crippen LogP contribution in [0.2, 0.25) is 0 Å². The number of aliphatic carboxylic acids is 2. The number of hydrogen-bond acceptors (Lipinski definition) is 12. The number of carboxylic acids is 2. The summed E-state index contributed by atoms with van der Waals surface area (Å²) in [6.45, 7) is -1.25. The zero-order valence-electron chi connectivity index (χ0n) is 24.4. The zero-order valence-corrected chi connectivity index (χ0v) is 26.2. The number of carbonyl (C=O) groups excluding carboxylic acids is 6. The first-order chi connectivity index (χ1) is 21.7. The smallest absolute Gasteiger partial charge is 0.480 e. The Kier molecular flexibility index (Phi) is 21.7. The summed E-state index contributed by atoms with van der Waals surface area (Å²) in [6.07, 6.45) is -5.44. The average molecular weight is 723 g/mol. The van der Waals surface area contributed by atoms with Gasteiger partial charge in [0, 0.05) is 18.1 Å². The van der Waals surface area contributed by atoms with E-state index in [1.807, 2.05) is 0 Å². The number of aliphatic imine (C=N–C) groups is 1. The summed E-state index contributed by atoms with van der Waals surface area (Å²) in [4.78, 5) is 96.8. The molecular weight excluding hydrogens is 685 g/mol. The number of guanidine groups is 1. The fraction of sp³-hybridized carbons (Fsp3) is 0.591. The van der Waals surface area contributed by atoms with Crippen molar-refractivity contribution >= 4 is 78.6 Å². The Hall–Kier alpha value is -4.52. The SMILES string of the molecule is NC(=O)C[C@H](NC(=O)[C@@H](N)CS)C(=O)NCC(=O)N[C@@H](CCCN=C(N)N)C(=O)N[C@@H](CS)C(=O)NCC(=O)O.O=C(O)C(F)(F)F. The van der Waals surface area contributed by atoms with Crippen LogP contribution in [0.3, 0.4) is 0 Å². The lowest BCUT2D eigenvalue weighted by Crippen LogP contribution is -2.57. The number of hydrogen-bond donors (Lipinski definition) is 13. The number of halogens is 3. The topological polar surface area (TPSA) is 354 Å². The highest BCUT2D eigenvalue weighted by Gasteiger charge is 2.38. The highest BCUT2D eigenvalue weighted by Crippen LogP contribution is 2.13. The molecule has 0 saturated carbocycles. The summed E-state index contributed by atoms with van der Waals surface area (Å²) in [5, 5.41) is 27.2. The maximum atomic E-state index is 12.9. The Morgan fingerprint density at radius 2 is 1.26 bits per heavy atom. The van der Waals surface area contributed by atoms with Gasteiger partial charge in [-0.25, -0.2) is 4.79 Å². The van der Waals surface area contributed by atoms with Crippen LogP contribution in [0.5, 0.6) is 0 Å². The highest BCUT2D eigenvalue weighted by atomic mass is 32.1. The Bertz CT molecular complexity index is 1160. The molecule has 0 radical (unpaired) electrons. The molecule has 0 aromatic heterocycles. The van der Waals surface area contributed by atoms with Gasteiger partial charge in [-0.15, -0.1) is 0 Å². The first kappa shape index (κ1) is 44.6. The maximum absolute atomic E-state index is 12.9. The molecule has 25 heteroatoms. The Morgan fingerprint density at radius 3 is 1.70 bits per heavy atom. The molecule has 20 nitrogen and oxygen atoms in total. The maximum Gasteiger partial charge on any atom is 0.490 e. The van der Waals surface area contributed by atoms with Gasteiger partial charge >= 0.3 is 18.1 Å². The van der Waals surface area contributed by atoms with Gasteiger partial charge in [0.2, 0.25) is 35.4 Å². The molecule has 0 aliphatic carbocycles. The molecule has 6 amide bonds. The first-order valence-electron chi connectivity index (χ1n) is 12.9. The number of rotatable bonds is 19. The van der Waals surface area contributed by atoms with E-state index in [1.165, 1.54) is 0 Å². The van der Waals surface area contributed by atoms with Gasteiger partial charge < -0.3 is 59.7 Å². The van der Waals surface area contributed by atoms with Crippen LogP contribution in [0.25, 0.3) is 0 Å². The van der Waals surface area contributed by atoms with Gasteiger partial charge in [-0.2, -0.15) is 38.4 Å². The second kappa shape index (κ2) is 22.9. The van der Waals surface area contributed by atoms with Gasteiger partial charge in [0.15, 0.2) is 5.96 Å². The van der Waals surface area contributed by atoms with Crippen molar-refractivity contribution in [3.05, 3.63) is 0 Å².